The van der Waals surface area contributed by atoms with Crippen molar-refractivity contribution < 1.29 is 64.8 Å². The van der Waals surface area contributed by atoms with Gasteiger partial charge < -0.3 is 40.2 Å². The molecular weight excluding hydrogens is 1040 g/mol. The number of aliphatic hydroxyl groups is 1. The molecule has 4 atom stereocenters. The molecule has 1 saturated heterocycles. The van der Waals surface area contributed by atoms with Gasteiger partial charge in [-0.25, -0.2) is 4.98 Å². The second-order valence-electron chi connectivity index (χ2n) is 21.0. The van der Waals surface area contributed by atoms with E-state index in [2.05, 4.69) is 25.7 Å². The van der Waals surface area contributed by atoms with Gasteiger partial charge in [-0.3, -0.25) is 19.2 Å². The summed E-state index contributed by atoms with van der Waals surface area (Å²) < 4.78 is 106. The number of hydrogen-bond acceptors (Lipinski definition) is 11. The van der Waals surface area contributed by atoms with Crippen LogP contribution in [0.15, 0.2) is 72.2 Å². The maximum atomic E-state index is 15.0. The molecule has 4 aromatic rings. The largest absolute Gasteiger partial charge is 0.489 e. The molecule has 3 aromatic carbocycles. The average Bonchev–Trinajstić information content (AvgIpc) is 4.01. The van der Waals surface area contributed by atoms with E-state index in [1.165, 1.54) is 35.6 Å². The minimum Gasteiger partial charge on any atom is -0.489 e. The number of aliphatic hydroxyl groups excluding tert-OH is 1. The van der Waals surface area contributed by atoms with Crippen LogP contribution < -0.4 is 25.4 Å². The third-order valence-electron chi connectivity index (χ3n) is 14.9. The maximum Gasteiger partial charge on any atom is 0.377 e. The van der Waals surface area contributed by atoms with Crippen LogP contribution >= 0.6 is 22.9 Å². The van der Waals surface area contributed by atoms with Gasteiger partial charge in [-0.1, -0.05) is 84.3 Å². The lowest BCUT2D eigenvalue weighted by Gasteiger charge is -2.63. The zero-order chi connectivity index (χ0) is 56.3. The van der Waals surface area contributed by atoms with Crippen LogP contribution in [0.1, 0.15) is 108 Å². The molecule has 22 heteroatoms. The normalized spacial score (nSPS) is 20.1. The first-order valence-electron chi connectivity index (χ1n) is 24.6. The van der Waals surface area contributed by atoms with E-state index in [1.54, 1.807) is 39.3 Å². The third kappa shape index (κ3) is 12.2. The highest BCUT2D eigenvalue weighted by Gasteiger charge is 2.72. The van der Waals surface area contributed by atoms with E-state index in [-0.39, 0.29) is 42.0 Å². The summed E-state index contributed by atoms with van der Waals surface area (Å²) in [6.45, 7) is 10.1. The molecule has 1 saturated carbocycles. The zero-order valence-electron chi connectivity index (χ0n) is 43.5. The molecule has 1 aliphatic carbocycles. The van der Waals surface area contributed by atoms with Gasteiger partial charge in [0.2, 0.25) is 17.7 Å². The van der Waals surface area contributed by atoms with E-state index in [1.807, 2.05) is 65.0 Å². The van der Waals surface area contributed by atoms with Crippen molar-refractivity contribution in [2.75, 3.05) is 26.4 Å². The molecule has 6 rings (SSSR count). The van der Waals surface area contributed by atoms with Gasteiger partial charge in [0.15, 0.2) is 6.61 Å². The Bertz CT molecular complexity index is 2770. The Hall–Kier alpha value is -5.95. The van der Waals surface area contributed by atoms with Crippen LogP contribution in [0, 0.1) is 34.5 Å². The van der Waals surface area contributed by atoms with Crippen molar-refractivity contribution >= 4 is 46.6 Å². The van der Waals surface area contributed by atoms with Gasteiger partial charge in [-0.15, -0.1) is 11.3 Å². The number of likely N-dealkylation sites (tertiary alicyclic amines) is 1. The molecule has 1 unspecified atom stereocenters. The summed E-state index contributed by atoms with van der Waals surface area (Å²) in [5, 5.41) is 28.3. The fourth-order valence-electron chi connectivity index (χ4n) is 10.2. The molecule has 2 heterocycles. The molecular formula is C54H63ClF6N6O8S. The number of halogens is 7. The van der Waals surface area contributed by atoms with E-state index in [0.717, 1.165) is 38.7 Å². The average molecular weight is 1110 g/mol. The lowest BCUT2D eigenvalue weighted by molar-refractivity contribution is -0.324. The van der Waals surface area contributed by atoms with Crippen LogP contribution in [0.25, 0.3) is 10.4 Å². The van der Waals surface area contributed by atoms with E-state index < -0.39 is 120 Å². The Balaban J connectivity index is 1.01. The van der Waals surface area contributed by atoms with E-state index in [9.17, 15) is 29.5 Å². The number of aryl methyl sites for hydroxylation is 1. The minimum absolute atomic E-state index is 0.0462. The Morgan fingerprint density at radius 3 is 2.09 bits per heavy atom. The van der Waals surface area contributed by atoms with Crippen LogP contribution in [0.3, 0.4) is 0 Å². The van der Waals surface area contributed by atoms with Crippen LogP contribution in [-0.2, 0) is 19.1 Å². The molecule has 2 fully saturated rings. The molecule has 14 nitrogen and oxygen atoms in total. The second-order valence-corrected chi connectivity index (χ2v) is 22.2. The molecule has 2 aliphatic rings. The fourth-order valence-corrected chi connectivity index (χ4v) is 11.2. The first-order chi connectivity index (χ1) is 35.4. The number of ether oxygens (including phenoxy) is 3. The number of alkyl halides is 6. The number of β-amino-alcohol motifs (C(OH)–C–C–N with tert-alkyl or cyclic N) is 1. The van der Waals surface area contributed by atoms with Gasteiger partial charge in [-0.05, 0) is 79.6 Å². The number of benzene rings is 3. The van der Waals surface area contributed by atoms with E-state index >= 15 is 26.3 Å². The van der Waals surface area contributed by atoms with Crippen molar-refractivity contribution in [3.8, 4) is 28.0 Å². The van der Waals surface area contributed by atoms with Crippen molar-refractivity contribution in [3.05, 3.63) is 99.6 Å². The third-order valence-corrected chi connectivity index (χ3v) is 16.2. The summed E-state index contributed by atoms with van der Waals surface area (Å²) >= 11 is 7.67. The first kappa shape index (κ1) is 59.3. The van der Waals surface area contributed by atoms with Crippen LogP contribution in [0.4, 0.5) is 26.3 Å². The van der Waals surface area contributed by atoms with Crippen molar-refractivity contribution in [3.63, 3.8) is 0 Å². The van der Waals surface area contributed by atoms with Crippen molar-refractivity contribution in [1.82, 2.24) is 25.8 Å². The zero-order valence-corrected chi connectivity index (χ0v) is 45.1. The van der Waals surface area contributed by atoms with E-state index in [0.29, 0.717) is 5.75 Å². The van der Waals surface area contributed by atoms with Crippen molar-refractivity contribution in [1.29, 1.82) is 5.26 Å². The number of nitriles is 1. The number of nitrogens with zero attached hydrogens (tertiary/aromatic N) is 3. The SMILES string of the molecule is CCC(C)(CC)C(NC(=O)COCC(F)(F)C(F)(F)C(F)(F)COc1ccc(C(=O)NC2C(C)(C)C(Oc3ccc(C#N)c(Cl)c3)C2(C)C)cc1)C(=O)N1C[C@H](O)C[C@H]1C(=O)N[C@@H](C)c1ccc(-c2scnc2C)cc1. The number of nitrogens with one attached hydrogen (secondary N) is 3. The van der Waals surface area contributed by atoms with Gasteiger partial charge in [0.1, 0.15) is 49.0 Å². The Morgan fingerprint density at radius 1 is 0.921 bits per heavy atom. The molecule has 0 spiro atoms. The van der Waals surface area contributed by atoms with Crippen LogP contribution in [-0.4, -0.2) is 113 Å². The number of thiazole rings is 1. The molecule has 4 amide bonds. The first-order valence-corrected chi connectivity index (χ1v) is 25.9. The minimum atomic E-state index is -6.07. The van der Waals surface area contributed by atoms with Gasteiger partial charge in [-0.2, -0.15) is 31.6 Å². The standard InChI is InChI=1S/C54H63ClF6N6O8S/c1-10-51(9,11-2)43(46(72)67-25-36(68)22-40(67)45(71)64-30(3)32-12-14-33(15-13-32)42-31(4)63-29-76-42)65-41(69)26-73-27-52(56,57)54(60,61)53(58,59)28-74-37-19-16-34(17-20-37)44(70)66-47-49(5,6)48(50(47,7)8)75-38-21-18-35(24-62)39(55)23-38/h12-21,23,29-30,36,40,43,47-48,68H,10-11,22,25-28H2,1-9H3,(H,64,71)(H,65,69)(H,66,70)/t30-,36+,40-,43?,47?,48?/m0/s1. The highest BCUT2D eigenvalue weighted by molar-refractivity contribution is 7.13. The second kappa shape index (κ2) is 22.9. The molecule has 412 valence electrons. The summed E-state index contributed by atoms with van der Waals surface area (Å²) in [5.41, 5.74) is 2.37. The Morgan fingerprint density at radius 2 is 1.53 bits per heavy atom. The van der Waals surface area contributed by atoms with Gasteiger partial charge in [0.25, 0.3) is 5.91 Å². The number of rotatable bonds is 22. The Kier molecular flexibility index (Phi) is 17.9. The summed E-state index contributed by atoms with van der Waals surface area (Å²) in [5.74, 6) is -20.3. The summed E-state index contributed by atoms with van der Waals surface area (Å²) in [7, 11) is 0. The molecule has 1 aliphatic heterocycles. The van der Waals surface area contributed by atoms with Gasteiger partial charge >= 0.3 is 17.8 Å². The number of aromatic nitrogens is 1. The van der Waals surface area contributed by atoms with Gasteiger partial charge in [0, 0.05) is 41.5 Å². The fraction of sp³-hybridized carbons (Fsp3) is 0.519. The molecule has 4 N–H and O–H groups in total. The van der Waals surface area contributed by atoms with Crippen molar-refractivity contribution in [2.45, 2.75) is 136 Å². The smallest absolute Gasteiger partial charge is 0.377 e. The van der Waals surface area contributed by atoms with Crippen LogP contribution in [0.5, 0.6) is 11.5 Å². The summed E-state index contributed by atoms with van der Waals surface area (Å²) in [6, 6.07) is 15.0. The lowest BCUT2D eigenvalue weighted by Crippen LogP contribution is -2.74. The van der Waals surface area contributed by atoms with Gasteiger partial charge in [0.05, 0.1) is 38.8 Å². The molecule has 0 radical (unpaired) electrons. The highest BCUT2D eigenvalue weighted by atomic mass is 35.5. The maximum absolute atomic E-state index is 15.0. The lowest BCUT2D eigenvalue weighted by atomic mass is 9.49. The number of carbonyl (C=O) groups is 4. The number of carbonyl (C=O) groups excluding carboxylic acids is 4. The topological polar surface area (TPSA) is 192 Å². The highest BCUT2D eigenvalue weighted by Crippen LogP contribution is 2.56. The molecule has 0 bridgehead atoms. The van der Waals surface area contributed by atoms with Crippen molar-refractivity contribution in [2.24, 2.45) is 16.2 Å². The Labute approximate surface area is 446 Å². The number of hydrogen-bond donors (Lipinski definition) is 4. The number of amides is 4. The molecule has 1 aromatic heterocycles. The quantitative estimate of drug-likeness (QED) is 0.0551. The summed E-state index contributed by atoms with van der Waals surface area (Å²) in [4.78, 5) is 61.1. The van der Waals surface area contributed by atoms with Crippen LogP contribution in [0.2, 0.25) is 5.02 Å². The predicted octanol–water partition coefficient (Wildman–Crippen LogP) is 9.71. The predicted molar refractivity (Wildman–Crippen MR) is 273 cm³/mol. The molecule has 76 heavy (non-hydrogen) atoms. The monoisotopic (exact) mass is 1100 g/mol. The van der Waals surface area contributed by atoms with E-state index in [4.69, 9.17) is 21.1 Å². The summed E-state index contributed by atoms with van der Waals surface area (Å²) in [6.07, 6.45) is -1.11.